The van der Waals surface area contributed by atoms with Crippen LogP contribution >= 0.6 is 0 Å². The largest absolute Gasteiger partial charge is 0.392 e. The number of hydrogen-bond acceptors (Lipinski definition) is 2. The molecule has 0 aliphatic carbocycles. The van der Waals surface area contributed by atoms with Gasteiger partial charge in [-0.2, -0.15) is 0 Å². The summed E-state index contributed by atoms with van der Waals surface area (Å²) in [5.74, 6) is -0.735. The molecule has 2 nitrogen and oxygen atoms in total. The van der Waals surface area contributed by atoms with Gasteiger partial charge in [-0.15, -0.1) is 0 Å². The van der Waals surface area contributed by atoms with Gasteiger partial charge in [0.1, 0.15) is 11.6 Å². The minimum atomic E-state index is -0.428. The number of anilines is 1. The predicted octanol–water partition coefficient (Wildman–Crippen LogP) is 3.65. The Balaban J connectivity index is 2.31. The van der Waals surface area contributed by atoms with Crippen LogP contribution in [0.4, 0.5) is 14.5 Å². The SMILES string of the molecule is CC(c1ccccc1F)N(C)c1ccc(CO)cc1F. The molecule has 0 amide bonds. The van der Waals surface area contributed by atoms with E-state index in [9.17, 15) is 8.78 Å². The Morgan fingerprint density at radius 3 is 2.40 bits per heavy atom. The molecule has 0 aliphatic heterocycles. The van der Waals surface area contributed by atoms with E-state index in [0.717, 1.165) is 0 Å². The number of halogens is 2. The summed E-state index contributed by atoms with van der Waals surface area (Å²) in [6.45, 7) is 1.61. The van der Waals surface area contributed by atoms with Gasteiger partial charge in [-0.3, -0.25) is 0 Å². The van der Waals surface area contributed by atoms with Gasteiger partial charge in [-0.1, -0.05) is 24.3 Å². The molecule has 0 heterocycles. The van der Waals surface area contributed by atoms with E-state index in [0.29, 0.717) is 16.8 Å². The Kier molecular flexibility index (Phi) is 4.35. The van der Waals surface area contributed by atoms with E-state index < -0.39 is 5.82 Å². The third-order valence-corrected chi connectivity index (χ3v) is 3.51. The molecule has 4 heteroatoms. The first-order valence-electron chi connectivity index (χ1n) is 6.41. The third-order valence-electron chi connectivity index (χ3n) is 3.51. The summed E-state index contributed by atoms with van der Waals surface area (Å²) in [6, 6.07) is 10.7. The van der Waals surface area contributed by atoms with Crippen molar-refractivity contribution in [2.75, 3.05) is 11.9 Å². The van der Waals surface area contributed by atoms with Crippen LogP contribution in [0.15, 0.2) is 42.5 Å². The molecule has 2 rings (SSSR count). The third kappa shape index (κ3) is 2.80. The molecule has 0 aromatic heterocycles. The molecule has 1 N–H and O–H groups in total. The maximum absolute atomic E-state index is 14.0. The zero-order valence-electron chi connectivity index (χ0n) is 11.5. The second-order valence-electron chi connectivity index (χ2n) is 4.75. The zero-order valence-corrected chi connectivity index (χ0v) is 11.5. The molecule has 20 heavy (non-hydrogen) atoms. The van der Waals surface area contributed by atoms with Crippen molar-refractivity contribution in [3.63, 3.8) is 0 Å². The second kappa shape index (κ2) is 6.01. The van der Waals surface area contributed by atoms with E-state index in [1.54, 1.807) is 42.3 Å². The first-order valence-corrected chi connectivity index (χ1v) is 6.41. The van der Waals surface area contributed by atoms with Gasteiger partial charge in [-0.25, -0.2) is 8.78 Å². The number of nitrogens with zero attached hydrogens (tertiary/aromatic N) is 1. The molecule has 0 fully saturated rings. The maximum Gasteiger partial charge on any atom is 0.146 e. The van der Waals surface area contributed by atoms with E-state index in [2.05, 4.69) is 0 Å². The molecule has 2 aromatic rings. The van der Waals surface area contributed by atoms with Crippen LogP contribution in [-0.4, -0.2) is 12.2 Å². The fourth-order valence-corrected chi connectivity index (χ4v) is 2.17. The number of aliphatic hydroxyl groups is 1. The van der Waals surface area contributed by atoms with E-state index in [4.69, 9.17) is 5.11 Å². The topological polar surface area (TPSA) is 23.5 Å². The molecule has 1 atom stereocenters. The molecule has 0 spiro atoms. The van der Waals surface area contributed by atoms with Gasteiger partial charge >= 0.3 is 0 Å². The number of rotatable bonds is 4. The molecule has 0 saturated heterocycles. The van der Waals surface area contributed by atoms with Crippen LogP contribution < -0.4 is 4.90 Å². The molecule has 0 saturated carbocycles. The molecule has 1 unspecified atom stereocenters. The highest BCUT2D eigenvalue weighted by molar-refractivity contribution is 5.50. The van der Waals surface area contributed by atoms with Crippen molar-refractivity contribution in [3.05, 3.63) is 65.2 Å². The lowest BCUT2D eigenvalue weighted by molar-refractivity contribution is 0.281. The summed E-state index contributed by atoms with van der Waals surface area (Å²) in [6.07, 6.45) is 0. The summed E-state index contributed by atoms with van der Waals surface area (Å²) < 4.78 is 27.8. The highest BCUT2D eigenvalue weighted by atomic mass is 19.1. The van der Waals surface area contributed by atoms with E-state index in [1.807, 2.05) is 6.92 Å². The van der Waals surface area contributed by atoms with E-state index in [-0.39, 0.29) is 18.5 Å². The van der Waals surface area contributed by atoms with Crippen LogP contribution in [0, 0.1) is 11.6 Å². The maximum atomic E-state index is 14.0. The monoisotopic (exact) mass is 277 g/mol. The van der Waals surface area contributed by atoms with Crippen molar-refractivity contribution >= 4 is 5.69 Å². The number of hydrogen-bond donors (Lipinski definition) is 1. The average Bonchev–Trinajstić information content (AvgIpc) is 2.46. The van der Waals surface area contributed by atoms with E-state index in [1.165, 1.54) is 12.1 Å². The molecule has 106 valence electrons. The molecule has 0 aliphatic rings. The van der Waals surface area contributed by atoms with Gasteiger partial charge in [0, 0.05) is 12.6 Å². The smallest absolute Gasteiger partial charge is 0.146 e. The van der Waals surface area contributed by atoms with Crippen LogP contribution in [0.1, 0.15) is 24.1 Å². The first-order chi connectivity index (χ1) is 9.54. The van der Waals surface area contributed by atoms with Crippen LogP contribution in [0.2, 0.25) is 0 Å². The normalized spacial score (nSPS) is 12.2. The van der Waals surface area contributed by atoms with Gasteiger partial charge in [0.25, 0.3) is 0 Å². The molecule has 0 bridgehead atoms. The molecule has 2 aromatic carbocycles. The van der Waals surface area contributed by atoms with Crippen LogP contribution in [0.3, 0.4) is 0 Å². The number of aliphatic hydroxyl groups excluding tert-OH is 1. The van der Waals surface area contributed by atoms with Crippen LogP contribution in [0.25, 0.3) is 0 Å². The molecule has 0 radical (unpaired) electrons. The van der Waals surface area contributed by atoms with Gasteiger partial charge < -0.3 is 10.0 Å². The van der Waals surface area contributed by atoms with Crippen molar-refractivity contribution in [1.29, 1.82) is 0 Å². The minimum absolute atomic E-state index is 0.205. The lowest BCUT2D eigenvalue weighted by Crippen LogP contribution is -2.23. The summed E-state index contributed by atoms with van der Waals surface area (Å²) in [7, 11) is 1.72. The standard InChI is InChI=1S/C16H17F2NO/c1-11(13-5-3-4-6-14(13)17)19(2)16-8-7-12(10-20)9-15(16)18/h3-9,11,20H,10H2,1-2H3. The highest BCUT2D eigenvalue weighted by Gasteiger charge is 2.18. The molecular weight excluding hydrogens is 260 g/mol. The second-order valence-corrected chi connectivity index (χ2v) is 4.75. The lowest BCUT2D eigenvalue weighted by atomic mass is 10.1. The Bertz CT molecular complexity index is 601. The summed E-state index contributed by atoms with van der Waals surface area (Å²) in [5, 5.41) is 8.99. The zero-order chi connectivity index (χ0) is 14.7. The van der Waals surface area contributed by atoms with Gasteiger partial charge in [0.2, 0.25) is 0 Å². The lowest BCUT2D eigenvalue weighted by Gasteiger charge is -2.28. The van der Waals surface area contributed by atoms with Gasteiger partial charge in [-0.05, 0) is 30.7 Å². The number of benzene rings is 2. The van der Waals surface area contributed by atoms with Gasteiger partial charge in [0.05, 0.1) is 18.3 Å². The van der Waals surface area contributed by atoms with Crippen molar-refractivity contribution in [2.45, 2.75) is 19.6 Å². The Morgan fingerprint density at radius 1 is 1.10 bits per heavy atom. The quantitative estimate of drug-likeness (QED) is 0.922. The van der Waals surface area contributed by atoms with E-state index >= 15 is 0 Å². The molecular formula is C16H17F2NO. The summed E-state index contributed by atoms with van der Waals surface area (Å²) in [4.78, 5) is 1.68. The van der Waals surface area contributed by atoms with Crippen molar-refractivity contribution in [2.24, 2.45) is 0 Å². The first kappa shape index (κ1) is 14.5. The Morgan fingerprint density at radius 2 is 1.80 bits per heavy atom. The average molecular weight is 277 g/mol. The fraction of sp³-hybridized carbons (Fsp3) is 0.250. The van der Waals surface area contributed by atoms with Crippen molar-refractivity contribution < 1.29 is 13.9 Å². The Labute approximate surface area is 117 Å². The fourth-order valence-electron chi connectivity index (χ4n) is 2.17. The summed E-state index contributed by atoms with van der Waals surface area (Å²) in [5.41, 5.74) is 1.40. The van der Waals surface area contributed by atoms with Crippen molar-refractivity contribution in [1.82, 2.24) is 0 Å². The highest BCUT2D eigenvalue weighted by Crippen LogP contribution is 2.29. The minimum Gasteiger partial charge on any atom is -0.392 e. The predicted molar refractivity (Wildman–Crippen MR) is 75.5 cm³/mol. The van der Waals surface area contributed by atoms with Crippen LogP contribution in [-0.2, 0) is 6.61 Å². The van der Waals surface area contributed by atoms with Crippen LogP contribution in [0.5, 0.6) is 0 Å². The Hall–Kier alpha value is -1.94. The summed E-state index contributed by atoms with van der Waals surface area (Å²) >= 11 is 0. The van der Waals surface area contributed by atoms with Gasteiger partial charge in [0.15, 0.2) is 0 Å². The van der Waals surface area contributed by atoms with Crippen molar-refractivity contribution in [3.8, 4) is 0 Å².